The molecule has 0 aliphatic rings. The maximum atomic E-state index is 5.51. The number of ether oxygens (including phenoxy) is 2. The highest BCUT2D eigenvalue weighted by molar-refractivity contribution is 5.31. The second kappa shape index (κ2) is 5.60. The average molecular weight is 180 g/mol. The molecule has 0 aliphatic heterocycles. The summed E-state index contributed by atoms with van der Waals surface area (Å²) in [6.45, 7) is 6.05. The van der Waals surface area contributed by atoms with E-state index >= 15 is 0 Å². The molecule has 0 amide bonds. The van der Waals surface area contributed by atoms with E-state index in [0.29, 0.717) is 13.2 Å². The van der Waals surface area contributed by atoms with Gasteiger partial charge in [-0.2, -0.15) is 0 Å². The molecule has 0 bridgehead atoms. The van der Waals surface area contributed by atoms with E-state index < -0.39 is 0 Å². The van der Waals surface area contributed by atoms with Crippen LogP contribution in [0.1, 0.15) is 12.5 Å². The lowest BCUT2D eigenvalue weighted by atomic mass is 10.2. The Labute approximate surface area is 79.5 Å². The molecule has 13 heavy (non-hydrogen) atoms. The first-order chi connectivity index (χ1) is 6.34. The number of para-hydroxylation sites is 1. The van der Waals surface area contributed by atoms with Gasteiger partial charge in [0.2, 0.25) is 0 Å². The maximum absolute atomic E-state index is 5.51. The van der Waals surface area contributed by atoms with Crippen LogP contribution >= 0.6 is 0 Å². The highest BCUT2D eigenvalue weighted by atomic mass is 16.5. The zero-order valence-electron chi connectivity index (χ0n) is 8.25. The monoisotopic (exact) mass is 180 g/mol. The first-order valence-corrected chi connectivity index (χ1v) is 4.60. The number of hydrogen-bond acceptors (Lipinski definition) is 2. The van der Waals surface area contributed by atoms with E-state index in [0.717, 1.165) is 12.4 Å². The Balaban J connectivity index is 2.32. The van der Waals surface area contributed by atoms with Gasteiger partial charge >= 0.3 is 0 Å². The van der Waals surface area contributed by atoms with Crippen LogP contribution in [-0.2, 0) is 4.74 Å². The van der Waals surface area contributed by atoms with Crippen molar-refractivity contribution in [1.29, 1.82) is 0 Å². The lowest BCUT2D eigenvalue weighted by Crippen LogP contribution is -2.06. The van der Waals surface area contributed by atoms with E-state index in [9.17, 15) is 0 Å². The van der Waals surface area contributed by atoms with Gasteiger partial charge in [0.1, 0.15) is 12.4 Å². The normalized spacial score (nSPS) is 10.0. The zero-order valence-corrected chi connectivity index (χ0v) is 8.25. The summed E-state index contributed by atoms with van der Waals surface area (Å²) in [5, 5.41) is 0. The van der Waals surface area contributed by atoms with Gasteiger partial charge in [-0.15, -0.1) is 0 Å². The van der Waals surface area contributed by atoms with Gasteiger partial charge < -0.3 is 9.47 Å². The number of benzene rings is 1. The lowest BCUT2D eigenvalue weighted by Gasteiger charge is -2.08. The predicted octanol–water partition coefficient (Wildman–Crippen LogP) is 2.41. The summed E-state index contributed by atoms with van der Waals surface area (Å²) in [6.07, 6.45) is 0. The van der Waals surface area contributed by atoms with Crippen molar-refractivity contribution in [2.75, 3.05) is 19.8 Å². The minimum Gasteiger partial charge on any atom is -0.491 e. The molecule has 0 atom stereocenters. The van der Waals surface area contributed by atoms with E-state index in [1.54, 1.807) is 0 Å². The zero-order chi connectivity index (χ0) is 9.52. The summed E-state index contributed by atoms with van der Waals surface area (Å²) in [6, 6.07) is 7.99. The molecule has 0 N–H and O–H groups in total. The largest absolute Gasteiger partial charge is 0.491 e. The first kappa shape index (κ1) is 10.1. The van der Waals surface area contributed by atoms with E-state index in [2.05, 4.69) is 0 Å². The molecule has 0 radical (unpaired) electrons. The summed E-state index contributed by atoms with van der Waals surface area (Å²) < 4.78 is 10.7. The van der Waals surface area contributed by atoms with Crippen LogP contribution in [0.15, 0.2) is 24.3 Å². The van der Waals surface area contributed by atoms with Crippen LogP contribution in [0, 0.1) is 6.92 Å². The first-order valence-electron chi connectivity index (χ1n) is 4.60. The fraction of sp³-hybridized carbons (Fsp3) is 0.455. The molecular formula is C11H16O2. The molecule has 0 saturated carbocycles. The Morgan fingerprint density at radius 1 is 1.15 bits per heavy atom. The lowest BCUT2D eigenvalue weighted by molar-refractivity contribution is 0.110. The van der Waals surface area contributed by atoms with Gasteiger partial charge in [0, 0.05) is 6.61 Å². The molecule has 1 rings (SSSR count). The molecule has 72 valence electrons. The van der Waals surface area contributed by atoms with Gasteiger partial charge in [-0.3, -0.25) is 0 Å². The van der Waals surface area contributed by atoms with Crippen molar-refractivity contribution < 1.29 is 9.47 Å². The third kappa shape index (κ3) is 3.47. The second-order valence-electron chi connectivity index (χ2n) is 2.81. The van der Waals surface area contributed by atoms with Crippen molar-refractivity contribution in [2.24, 2.45) is 0 Å². The van der Waals surface area contributed by atoms with E-state index in [1.165, 1.54) is 5.56 Å². The number of rotatable bonds is 5. The van der Waals surface area contributed by atoms with Crippen LogP contribution in [0.2, 0.25) is 0 Å². The summed E-state index contributed by atoms with van der Waals surface area (Å²) in [7, 11) is 0. The van der Waals surface area contributed by atoms with Gasteiger partial charge in [-0.05, 0) is 25.5 Å². The summed E-state index contributed by atoms with van der Waals surface area (Å²) in [5.74, 6) is 0.946. The molecule has 2 heteroatoms. The molecule has 0 heterocycles. The fourth-order valence-corrected chi connectivity index (χ4v) is 1.07. The third-order valence-electron chi connectivity index (χ3n) is 1.78. The second-order valence-corrected chi connectivity index (χ2v) is 2.81. The Bertz CT molecular complexity index is 246. The Morgan fingerprint density at radius 2 is 1.92 bits per heavy atom. The van der Waals surface area contributed by atoms with Crippen molar-refractivity contribution in [3.05, 3.63) is 29.8 Å². The van der Waals surface area contributed by atoms with Gasteiger partial charge in [-0.25, -0.2) is 0 Å². The van der Waals surface area contributed by atoms with Crippen molar-refractivity contribution in [1.82, 2.24) is 0 Å². The predicted molar refractivity (Wildman–Crippen MR) is 53.2 cm³/mol. The molecule has 2 nitrogen and oxygen atoms in total. The maximum Gasteiger partial charge on any atom is 0.122 e. The van der Waals surface area contributed by atoms with Crippen LogP contribution in [-0.4, -0.2) is 19.8 Å². The van der Waals surface area contributed by atoms with Crippen LogP contribution in [0.5, 0.6) is 5.75 Å². The molecule has 0 aromatic heterocycles. The fourth-order valence-electron chi connectivity index (χ4n) is 1.07. The van der Waals surface area contributed by atoms with E-state index in [-0.39, 0.29) is 0 Å². The highest BCUT2D eigenvalue weighted by Gasteiger charge is 1.95. The SMILES string of the molecule is CCOCCOc1ccccc1C. The van der Waals surface area contributed by atoms with Crippen molar-refractivity contribution in [3.8, 4) is 5.75 Å². The van der Waals surface area contributed by atoms with Gasteiger partial charge in [0.05, 0.1) is 6.61 Å². The summed E-state index contributed by atoms with van der Waals surface area (Å²) >= 11 is 0. The average Bonchev–Trinajstić information content (AvgIpc) is 2.15. The van der Waals surface area contributed by atoms with Crippen molar-refractivity contribution in [3.63, 3.8) is 0 Å². The standard InChI is InChI=1S/C11H16O2/c1-3-12-8-9-13-11-7-5-4-6-10(11)2/h4-7H,3,8-9H2,1-2H3. The molecule has 0 saturated heterocycles. The molecule has 1 aromatic carbocycles. The van der Waals surface area contributed by atoms with Gasteiger partial charge in [0.15, 0.2) is 0 Å². The van der Waals surface area contributed by atoms with Crippen molar-refractivity contribution >= 4 is 0 Å². The molecule has 0 fully saturated rings. The van der Waals surface area contributed by atoms with E-state index in [4.69, 9.17) is 9.47 Å². The third-order valence-corrected chi connectivity index (χ3v) is 1.78. The Hall–Kier alpha value is -1.02. The van der Waals surface area contributed by atoms with Crippen LogP contribution in [0.25, 0.3) is 0 Å². The van der Waals surface area contributed by atoms with E-state index in [1.807, 2.05) is 38.1 Å². The van der Waals surface area contributed by atoms with Crippen LogP contribution in [0.4, 0.5) is 0 Å². The molecule has 0 spiro atoms. The van der Waals surface area contributed by atoms with Crippen LogP contribution in [0.3, 0.4) is 0 Å². The number of aryl methyl sites for hydroxylation is 1. The van der Waals surface area contributed by atoms with Crippen molar-refractivity contribution in [2.45, 2.75) is 13.8 Å². The summed E-state index contributed by atoms with van der Waals surface area (Å²) in [5.41, 5.74) is 1.17. The Morgan fingerprint density at radius 3 is 2.62 bits per heavy atom. The molecule has 0 aliphatic carbocycles. The van der Waals surface area contributed by atoms with Gasteiger partial charge in [0.25, 0.3) is 0 Å². The van der Waals surface area contributed by atoms with Gasteiger partial charge in [-0.1, -0.05) is 18.2 Å². The minimum absolute atomic E-state index is 0.624. The molecular weight excluding hydrogens is 164 g/mol. The summed E-state index contributed by atoms with van der Waals surface area (Å²) in [4.78, 5) is 0. The Kier molecular flexibility index (Phi) is 4.33. The highest BCUT2D eigenvalue weighted by Crippen LogP contribution is 2.15. The smallest absolute Gasteiger partial charge is 0.122 e. The molecule has 0 unspecified atom stereocenters. The molecule has 1 aromatic rings. The topological polar surface area (TPSA) is 18.5 Å². The quantitative estimate of drug-likeness (QED) is 0.648. The van der Waals surface area contributed by atoms with Crippen LogP contribution < -0.4 is 4.74 Å². The minimum atomic E-state index is 0.624. The number of hydrogen-bond donors (Lipinski definition) is 0.